The molecule has 4 rings (SSSR count). The number of ether oxygens (including phenoxy) is 2. The number of benzene rings is 2. The van der Waals surface area contributed by atoms with Crippen LogP contribution in [-0.4, -0.2) is 38.9 Å². The Morgan fingerprint density at radius 2 is 1.62 bits per heavy atom. The van der Waals surface area contributed by atoms with Gasteiger partial charge in [0.25, 0.3) is 0 Å². The lowest BCUT2D eigenvalue weighted by Gasteiger charge is -2.39. The van der Waals surface area contributed by atoms with E-state index in [1.54, 1.807) is 6.07 Å². The summed E-state index contributed by atoms with van der Waals surface area (Å²) < 4.78 is 25.2. The third-order valence-electron chi connectivity index (χ3n) is 6.42. The Bertz CT molecular complexity index is 947. The van der Waals surface area contributed by atoms with Crippen LogP contribution in [0.4, 0.5) is 15.8 Å². The van der Waals surface area contributed by atoms with Crippen LogP contribution in [0.3, 0.4) is 0 Å². The van der Waals surface area contributed by atoms with Gasteiger partial charge >= 0.3 is 0 Å². The summed E-state index contributed by atoms with van der Waals surface area (Å²) in [5, 5.41) is 0. The third-order valence-corrected chi connectivity index (χ3v) is 6.42. The van der Waals surface area contributed by atoms with E-state index in [1.165, 1.54) is 41.1 Å². The van der Waals surface area contributed by atoms with E-state index in [0.717, 1.165) is 44.0 Å². The molecule has 0 radical (unpaired) electrons. The molecule has 156 valence electrons. The lowest BCUT2D eigenvalue weighted by atomic mass is 9.92. The van der Waals surface area contributed by atoms with Crippen molar-refractivity contribution in [3.05, 3.63) is 46.3 Å². The Morgan fingerprint density at radius 1 is 0.966 bits per heavy atom. The number of halogens is 1. The van der Waals surface area contributed by atoms with Crippen molar-refractivity contribution in [2.45, 2.75) is 46.6 Å². The molecular weight excluding hydrogens is 367 g/mol. The molecule has 0 atom stereocenters. The fourth-order valence-electron chi connectivity index (χ4n) is 4.77. The Balaban J connectivity index is 1.58. The first-order chi connectivity index (χ1) is 13.7. The summed E-state index contributed by atoms with van der Waals surface area (Å²) in [7, 11) is 1.51. The summed E-state index contributed by atoms with van der Waals surface area (Å²) >= 11 is 0. The molecule has 2 aliphatic heterocycles. The monoisotopic (exact) mass is 398 g/mol. The standard InChI is InChI=1S/C24H31FN2O2/c1-15-16(2)23-19(14-24(4,5)29-23)17(3)22(15)27-11-9-26(10-12-27)18-7-8-20(25)21(13-18)28-6/h7-8,13H,9-12,14H2,1-6H3. The molecule has 2 aromatic carbocycles. The van der Waals surface area contributed by atoms with E-state index < -0.39 is 0 Å². The first kappa shape index (κ1) is 19.9. The van der Waals surface area contributed by atoms with Crippen molar-refractivity contribution in [1.82, 2.24) is 0 Å². The van der Waals surface area contributed by atoms with Gasteiger partial charge in [-0.25, -0.2) is 4.39 Å². The van der Waals surface area contributed by atoms with E-state index >= 15 is 0 Å². The minimum atomic E-state index is -0.320. The maximum absolute atomic E-state index is 13.7. The van der Waals surface area contributed by atoms with E-state index in [0.29, 0.717) is 5.75 Å². The largest absolute Gasteiger partial charge is 0.494 e. The number of methoxy groups -OCH3 is 1. The molecule has 0 bridgehead atoms. The molecule has 0 spiro atoms. The number of anilines is 2. The van der Waals surface area contributed by atoms with E-state index in [4.69, 9.17) is 9.47 Å². The van der Waals surface area contributed by atoms with Crippen LogP contribution in [0.15, 0.2) is 18.2 Å². The van der Waals surface area contributed by atoms with E-state index in [1.807, 2.05) is 6.07 Å². The lowest BCUT2D eigenvalue weighted by Crippen LogP contribution is -2.47. The van der Waals surface area contributed by atoms with Gasteiger partial charge in [0.15, 0.2) is 11.6 Å². The third kappa shape index (κ3) is 3.41. The quantitative estimate of drug-likeness (QED) is 0.742. The summed E-state index contributed by atoms with van der Waals surface area (Å²) in [4.78, 5) is 4.80. The molecule has 2 aromatic rings. The van der Waals surface area contributed by atoms with Gasteiger partial charge in [-0.3, -0.25) is 0 Å². The topological polar surface area (TPSA) is 24.9 Å². The molecule has 5 heteroatoms. The van der Waals surface area contributed by atoms with Crippen molar-refractivity contribution in [2.24, 2.45) is 0 Å². The summed E-state index contributed by atoms with van der Waals surface area (Å²) in [5.41, 5.74) is 7.52. The van der Waals surface area contributed by atoms with Crippen LogP contribution in [-0.2, 0) is 6.42 Å². The average Bonchev–Trinajstić information content (AvgIpc) is 3.03. The smallest absolute Gasteiger partial charge is 0.165 e. The number of hydrogen-bond acceptors (Lipinski definition) is 4. The van der Waals surface area contributed by atoms with Crippen molar-refractivity contribution < 1.29 is 13.9 Å². The first-order valence-electron chi connectivity index (χ1n) is 10.4. The molecule has 2 heterocycles. The number of fused-ring (bicyclic) bond motifs is 1. The van der Waals surface area contributed by atoms with Crippen LogP contribution in [0, 0.1) is 26.6 Å². The zero-order chi connectivity index (χ0) is 20.9. The van der Waals surface area contributed by atoms with Crippen LogP contribution < -0.4 is 19.3 Å². The summed E-state index contributed by atoms with van der Waals surface area (Å²) in [6.07, 6.45) is 0.956. The van der Waals surface area contributed by atoms with Gasteiger partial charge in [0.05, 0.1) is 7.11 Å². The van der Waals surface area contributed by atoms with E-state index in [2.05, 4.69) is 44.4 Å². The number of hydrogen-bond donors (Lipinski definition) is 0. The molecular formula is C24H31FN2O2. The predicted molar refractivity (Wildman–Crippen MR) is 116 cm³/mol. The minimum absolute atomic E-state index is 0.136. The fraction of sp³-hybridized carbons (Fsp3) is 0.500. The number of piperazine rings is 1. The minimum Gasteiger partial charge on any atom is -0.494 e. The molecule has 2 aliphatic rings. The Hall–Kier alpha value is -2.43. The maximum atomic E-state index is 13.7. The van der Waals surface area contributed by atoms with Crippen LogP contribution in [0.25, 0.3) is 0 Å². The normalized spacial score (nSPS) is 17.9. The Morgan fingerprint density at radius 3 is 2.28 bits per heavy atom. The summed E-state index contributed by atoms with van der Waals surface area (Å²) in [6.45, 7) is 14.6. The van der Waals surface area contributed by atoms with Gasteiger partial charge in [0.2, 0.25) is 0 Å². The molecule has 0 unspecified atom stereocenters. The molecule has 1 saturated heterocycles. The molecule has 0 N–H and O–H groups in total. The van der Waals surface area contributed by atoms with Gasteiger partial charge in [0.1, 0.15) is 11.4 Å². The maximum Gasteiger partial charge on any atom is 0.165 e. The fourth-order valence-corrected chi connectivity index (χ4v) is 4.77. The number of nitrogens with zero attached hydrogens (tertiary/aromatic N) is 2. The average molecular weight is 399 g/mol. The highest BCUT2D eigenvalue weighted by Gasteiger charge is 2.35. The Labute approximate surface area is 173 Å². The lowest BCUT2D eigenvalue weighted by molar-refractivity contribution is 0.137. The highest BCUT2D eigenvalue weighted by atomic mass is 19.1. The van der Waals surface area contributed by atoms with E-state index in [-0.39, 0.29) is 11.4 Å². The highest BCUT2D eigenvalue weighted by molar-refractivity contribution is 5.70. The van der Waals surface area contributed by atoms with Gasteiger partial charge in [0, 0.05) is 55.6 Å². The summed E-state index contributed by atoms with van der Waals surface area (Å²) in [5.74, 6) is 1.07. The molecule has 0 aromatic heterocycles. The molecule has 0 aliphatic carbocycles. The van der Waals surface area contributed by atoms with Crippen LogP contribution in [0.1, 0.15) is 36.1 Å². The second kappa shape index (κ2) is 7.12. The van der Waals surface area contributed by atoms with Gasteiger partial charge < -0.3 is 19.3 Å². The highest BCUT2D eigenvalue weighted by Crippen LogP contribution is 2.45. The first-order valence-corrected chi connectivity index (χ1v) is 10.4. The molecule has 29 heavy (non-hydrogen) atoms. The van der Waals surface area contributed by atoms with Crippen LogP contribution in [0.5, 0.6) is 11.5 Å². The van der Waals surface area contributed by atoms with Gasteiger partial charge in [-0.15, -0.1) is 0 Å². The number of rotatable bonds is 3. The molecule has 1 fully saturated rings. The van der Waals surface area contributed by atoms with Crippen molar-refractivity contribution in [3.63, 3.8) is 0 Å². The molecule has 4 nitrogen and oxygen atoms in total. The van der Waals surface area contributed by atoms with Crippen molar-refractivity contribution in [2.75, 3.05) is 43.1 Å². The van der Waals surface area contributed by atoms with Crippen LogP contribution in [0.2, 0.25) is 0 Å². The SMILES string of the molecule is COc1cc(N2CCN(c3c(C)c(C)c4c(c3C)CC(C)(C)O4)CC2)ccc1F. The van der Waals surface area contributed by atoms with Crippen LogP contribution >= 0.6 is 0 Å². The van der Waals surface area contributed by atoms with Crippen molar-refractivity contribution in [3.8, 4) is 11.5 Å². The van der Waals surface area contributed by atoms with Gasteiger partial charge in [-0.1, -0.05) is 0 Å². The second-order valence-corrected chi connectivity index (χ2v) is 8.86. The molecule has 0 saturated carbocycles. The molecule has 0 amide bonds. The van der Waals surface area contributed by atoms with Gasteiger partial charge in [-0.05, 0) is 63.4 Å². The predicted octanol–water partition coefficient (Wildman–Crippen LogP) is 4.80. The summed E-state index contributed by atoms with van der Waals surface area (Å²) in [6, 6.07) is 5.11. The van der Waals surface area contributed by atoms with E-state index in [9.17, 15) is 4.39 Å². The zero-order valence-corrected chi connectivity index (χ0v) is 18.4. The Kier molecular flexibility index (Phi) is 4.88. The zero-order valence-electron chi connectivity index (χ0n) is 18.4. The van der Waals surface area contributed by atoms with Crippen molar-refractivity contribution in [1.29, 1.82) is 0 Å². The van der Waals surface area contributed by atoms with Crippen molar-refractivity contribution >= 4 is 11.4 Å². The second-order valence-electron chi connectivity index (χ2n) is 8.86. The van der Waals surface area contributed by atoms with Gasteiger partial charge in [-0.2, -0.15) is 0 Å².